The van der Waals surface area contributed by atoms with E-state index in [2.05, 4.69) is 31.7 Å². The van der Waals surface area contributed by atoms with Crippen molar-refractivity contribution in [2.75, 3.05) is 13.1 Å². The van der Waals surface area contributed by atoms with E-state index in [1.165, 1.54) is 0 Å². The largest absolute Gasteiger partial charge is 0.444 e. The van der Waals surface area contributed by atoms with Crippen LogP contribution in [-0.2, 0) is 24.9 Å². The first kappa shape index (κ1) is 26.9. The van der Waals surface area contributed by atoms with Crippen molar-refractivity contribution < 1.29 is 9.53 Å². The fourth-order valence-electron chi connectivity index (χ4n) is 5.77. The molecule has 9 nitrogen and oxygen atoms in total. The van der Waals surface area contributed by atoms with Crippen molar-refractivity contribution in [2.24, 2.45) is 12.5 Å². The summed E-state index contributed by atoms with van der Waals surface area (Å²) >= 11 is 0. The summed E-state index contributed by atoms with van der Waals surface area (Å²) in [6, 6.07) is 12.5. The molecule has 0 unspecified atom stereocenters. The Morgan fingerprint density at radius 2 is 1.85 bits per heavy atom. The molecule has 0 radical (unpaired) electrons. The van der Waals surface area contributed by atoms with E-state index in [1.54, 1.807) is 16.2 Å². The number of benzene rings is 1. The van der Waals surface area contributed by atoms with Crippen LogP contribution in [0.3, 0.4) is 0 Å². The zero-order chi connectivity index (χ0) is 28.3. The first-order valence-corrected chi connectivity index (χ1v) is 13.6. The Balaban J connectivity index is 1.39. The molecule has 1 aromatic carbocycles. The molecule has 2 fully saturated rings. The lowest BCUT2D eigenvalue weighted by atomic mass is 9.97. The van der Waals surface area contributed by atoms with E-state index in [-0.39, 0.29) is 29.3 Å². The summed E-state index contributed by atoms with van der Waals surface area (Å²) in [5.41, 5.74) is 3.80. The summed E-state index contributed by atoms with van der Waals surface area (Å²) in [4.78, 5) is 34.7. The fraction of sp³-hybridized carbons (Fsp3) is 0.533. The van der Waals surface area contributed by atoms with E-state index >= 15 is 0 Å². The maximum absolute atomic E-state index is 13.0. The Hall–Kier alpha value is -3.64. The van der Waals surface area contributed by atoms with Crippen LogP contribution in [0.4, 0.5) is 4.79 Å². The molecule has 2 aliphatic rings. The third kappa shape index (κ3) is 5.30. The van der Waals surface area contributed by atoms with Gasteiger partial charge in [-0.1, -0.05) is 26.8 Å². The minimum Gasteiger partial charge on any atom is -0.444 e. The quantitative estimate of drug-likeness (QED) is 0.492. The number of carbonyl (C=O) groups is 1. The lowest BCUT2D eigenvalue weighted by molar-refractivity contribution is 0.0124. The molecular weight excluding hydrogens is 492 g/mol. The number of ether oxygens (including phenoxy) is 1. The highest BCUT2D eigenvalue weighted by atomic mass is 16.6. The average molecular weight is 531 g/mol. The van der Waals surface area contributed by atoms with Crippen molar-refractivity contribution in [1.82, 2.24) is 23.9 Å². The smallest absolute Gasteiger partial charge is 0.410 e. The molecule has 2 aromatic heterocycles. The van der Waals surface area contributed by atoms with Gasteiger partial charge < -0.3 is 9.64 Å². The Morgan fingerprint density at radius 3 is 2.46 bits per heavy atom. The number of hydrogen-bond acceptors (Lipinski definition) is 6. The predicted molar refractivity (Wildman–Crippen MR) is 150 cm³/mol. The monoisotopic (exact) mass is 530 g/mol. The van der Waals surface area contributed by atoms with Crippen LogP contribution in [0.5, 0.6) is 0 Å². The number of amides is 1. The van der Waals surface area contributed by atoms with E-state index in [1.807, 2.05) is 56.0 Å². The van der Waals surface area contributed by atoms with E-state index in [4.69, 9.17) is 9.72 Å². The van der Waals surface area contributed by atoms with Gasteiger partial charge in [0.05, 0.1) is 22.8 Å². The van der Waals surface area contributed by atoms with Crippen LogP contribution in [0.1, 0.15) is 59.1 Å². The van der Waals surface area contributed by atoms with Gasteiger partial charge in [0.15, 0.2) is 5.65 Å². The van der Waals surface area contributed by atoms with Gasteiger partial charge in [0, 0.05) is 50.9 Å². The highest BCUT2D eigenvalue weighted by Gasteiger charge is 2.46. The molecule has 0 N–H and O–H groups in total. The van der Waals surface area contributed by atoms with E-state index < -0.39 is 5.60 Å². The molecule has 2 saturated heterocycles. The van der Waals surface area contributed by atoms with Crippen LogP contribution in [0, 0.1) is 16.7 Å². The second-order valence-corrected chi connectivity index (χ2v) is 13.1. The number of nitrogens with zero attached hydrogens (tertiary/aromatic N) is 6. The number of hydrogen-bond donors (Lipinski definition) is 0. The molecule has 3 aromatic rings. The molecule has 206 valence electrons. The molecule has 2 bridgehead atoms. The molecule has 0 aliphatic carbocycles. The van der Waals surface area contributed by atoms with Gasteiger partial charge in [-0.15, -0.1) is 0 Å². The predicted octanol–water partition coefficient (Wildman–Crippen LogP) is 4.51. The number of imidazole rings is 1. The van der Waals surface area contributed by atoms with Gasteiger partial charge >= 0.3 is 11.8 Å². The lowest BCUT2D eigenvalue weighted by Gasteiger charge is -2.35. The van der Waals surface area contributed by atoms with Crippen molar-refractivity contribution in [3.05, 3.63) is 51.9 Å². The second kappa shape index (κ2) is 9.53. The summed E-state index contributed by atoms with van der Waals surface area (Å²) in [7, 11) is 1.74. The third-order valence-electron chi connectivity index (χ3n) is 7.46. The summed E-state index contributed by atoms with van der Waals surface area (Å²) in [5.74, 6) is 0. The number of carbonyl (C=O) groups excluding carboxylic acids is 1. The summed E-state index contributed by atoms with van der Waals surface area (Å²) in [6.07, 6.45) is 0.711. The van der Waals surface area contributed by atoms with Crippen molar-refractivity contribution in [3.63, 3.8) is 0 Å². The maximum atomic E-state index is 13.0. The molecule has 9 heteroatoms. The standard InChI is InChI=1S/C30H38N6O3/c1-29(2,3)18-36-25-11-10-24(32-26(25)33(7)27(36)37)23-12-19(8-9-20(23)14-31)15-34-16-22-13-21(34)17-35(22)28(38)39-30(4,5)6/h8-12,21-22H,13,15-18H2,1-7H3/t21-,22-/m0/s1. The van der Waals surface area contributed by atoms with E-state index in [0.29, 0.717) is 30.0 Å². The number of aryl methyl sites for hydroxylation is 1. The molecule has 2 atom stereocenters. The minimum atomic E-state index is -0.504. The Labute approximate surface area is 229 Å². The van der Waals surface area contributed by atoms with E-state index in [0.717, 1.165) is 36.2 Å². The van der Waals surface area contributed by atoms with E-state index in [9.17, 15) is 14.9 Å². The molecule has 0 spiro atoms. The number of piperazine rings is 1. The van der Waals surface area contributed by atoms with Gasteiger partial charge in [-0.05, 0) is 62.4 Å². The Kier molecular flexibility index (Phi) is 6.58. The van der Waals surface area contributed by atoms with Crippen LogP contribution in [-0.4, -0.2) is 60.8 Å². The van der Waals surface area contributed by atoms with Crippen molar-refractivity contribution in [3.8, 4) is 17.3 Å². The second-order valence-electron chi connectivity index (χ2n) is 13.1. The summed E-state index contributed by atoms with van der Waals surface area (Å²) in [6.45, 7) is 14.8. The SMILES string of the molecule is Cn1c(=O)n(CC(C)(C)C)c2ccc(-c3cc(CN4C[C@@H]5C[C@H]4CN5C(=O)OC(C)(C)C)ccc3C#N)nc21. The molecule has 4 heterocycles. The fourth-order valence-corrected chi connectivity index (χ4v) is 5.77. The van der Waals surface area contributed by atoms with Crippen LogP contribution < -0.4 is 5.69 Å². The van der Waals surface area contributed by atoms with Crippen LogP contribution >= 0.6 is 0 Å². The van der Waals surface area contributed by atoms with Crippen molar-refractivity contribution in [1.29, 1.82) is 5.26 Å². The first-order valence-electron chi connectivity index (χ1n) is 13.6. The van der Waals surface area contributed by atoms with Crippen LogP contribution in [0.2, 0.25) is 0 Å². The molecule has 1 amide bonds. The highest BCUT2D eigenvalue weighted by molar-refractivity contribution is 5.78. The molecule has 5 rings (SSSR count). The first-order chi connectivity index (χ1) is 18.2. The average Bonchev–Trinajstić information content (AvgIpc) is 3.51. The van der Waals surface area contributed by atoms with Crippen LogP contribution in [0.25, 0.3) is 22.4 Å². The molecule has 39 heavy (non-hydrogen) atoms. The Morgan fingerprint density at radius 1 is 1.10 bits per heavy atom. The molecule has 2 aliphatic heterocycles. The van der Waals surface area contributed by atoms with Crippen molar-refractivity contribution >= 4 is 17.3 Å². The normalized spacial score (nSPS) is 19.6. The number of pyridine rings is 1. The van der Waals surface area contributed by atoms with Gasteiger partial charge in [0.1, 0.15) is 5.60 Å². The van der Waals surface area contributed by atoms with Gasteiger partial charge in [0.25, 0.3) is 0 Å². The van der Waals surface area contributed by atoms with Gasteiger partial charge in [0.2, 0.25) is 0 Å². The van der Waals surface area contributed by atoms with Crippen LogP contribution in [0.15, 0.2) is 35.1 Å². The maximum Gasteiger partial charge on any atom is 0.410 e. The number of nitriles is 1. The van der Waals surface area contributed by atoms with Gasteiger partial charge in [-0.2, -0.15) is 5.26 Å². The number of fused-ring (bicyclic) bond motifs is 3. The highest BCUT2D eigenvalue weighted by Crippen LogP contribution is 2.34. The number of likely N-dealkylation sites (tertiary alicyclic amines) is 2. The number of rotatable bonds is 4. The molecule has 0 saturated carbocycles. The summed E-state index contributed by atoms with van der Waals surface area (Å²) in [5, 5.41) is 9.85. The topological polar surface area (TPSA) is 96.4 Å². The zero-order valence-electron chi connectivity index (χ0n) is 24.0. The zero-order valence-corrected chi connectivity index (χ0v) is 24.0. The van der Waals surface area contributed by atoms with Gasteiger partial charge in [-0.3, -0.25) is 14.0 Å². The Bertz CT molecular complexity index is 1530. The molecular formula is C30H38N6O3. The third-order valence-corrected chi connectivity index (χ3v) is 7.46. The van der Waals surface area contributed by atoms with Gasteiger partial charge in [-0.25, -0.2) is 14.6 Å². The number of aromatic nitrogens is 3. The lowest BCUT2D eigenvalue weighted by Crippen LogP contribution is -2.49. The minimum absolute atomic E-state index is 0.0575. The summed E-state index contributed by atoms with van der Waals surface area (Å²) < 4.78 is 8.95. The van der Waals surface area contributed by atoms with Crippen molar-refractivity contribution in [2.45, 2.75) is 78.7 Å².